The van der Waals surface area contributed by atoms with Crippen LogP contribution in [0.4, 0.5) is 0 Å². The van der Waals surface area contributed by atoms with Gasteiger partial charge in [-0.25, -0.2) is 0 Å². The Bertz CT molecular complexity index is 630. The van der Waals surface area contributed by atoms with Crippen LogP contribution in [0.3, 0.4) is 0 Å². The molecule has 0 saturated carbocycles. The second-order valence-corrected chi connectivity index (χ2v) is 6.93. The number of rotatable bonds is 7. The van der Waals surface area contributed by atoms with Crippen molar-refractivity contribution >= 4 is 11.9 Å². The minimum absolute atomic E-state index is 0.217. The SMILES string of the molecule is CCNC(=NCCc1cc(C)ccc1OC)N1CCCC(CC(N)=O)C1. The Morgan fingerprint density at radius 1 is 1.46 bits per heavy atom. The zero-order chi connectivity index (χ0) is 18.9. The normalized spacial score (nSPS) is 17.9. The molecule has 2 rings (SSSR count). The molecule has 26 heavy (non-hydrogen) atoms. The second kappa shape index (κ2) is 10.0. The number of primary amides is 1. The van der Waals surface area contributed by atoms with Gasteiger partial charge in [-0.3, -0.25) is 9.79 Å². The van der Waals surface area contributed by atoms with Gasteiger partial charge in [-0.15, -0.1) is 0 Å². The molecule has 0 aliphatic carbocycles. The molecule has 1 amide bonds. The van der Waals surface area contributed by atoms with Crippen molar-refractivity contribution in [3.05, 3.63) is 29.3 Å². The Morgan fingerprint density at radius 2 is 2.27 bits per heavy atom. The zero-order valence-electron chi connectivity index (χ0n) is 16.3. The minimum Gasteiger partial charge on any atom is -0.496 e. The third-order valence-electron chi connectivity index (χ3n) is 4.72. The number of methoxy groups -OCH3 is 1. The standard InChI is InChI=1S/C20H32N4O2/c1-4-22-20(24-11-5-6-16(14-24)13-19(21)25)23-10-9-17-12-15(2)7-8-18(17)26-3/h7-8,12,16H,4-6,9-11,13-14H2,1-3H3,(H2,21,25)(H,22,23). The molecule has 6 heteroatoms. The van der Waals surface area contributed by atoms with Crippen molar-refractivity contribution in [2.45, 2.75) is 39.5 Å². The van der Waals surface area contributed by atoms with E-state index in [1.165, 1.54) is 11.1 Å². The third kappa shape index (κ3) is 5.93. The number of likely N-dealkylation sites (tertiary alicyclic amines) is 1. The molecular weight excluding hydrogens is 328 g/mol. The molecule has 1 aromatic carbocycles. The molecule has 1 atom stereocenters. The van der Waals surface area contributed by atoms with Gasteiger partial charge >= 0.3 is 0 Å². The van der Waals surface area contributed by atoms with Gasteiger partial charge in [0.1, 0.15) is 5.75 Å². The first-order chi connectivity index (χ1) is 12.5. The van der Waals surface area contributed by atoms with Gasteiger partial charge in [-0.2, -0.15) is 0 Å². The van der Waals surface area contributed by atoms with Gasteiger partial charge in [0.05, 0.1) is 7.11 Å². The summed E-state index contributed by atoms with van der Waals surface area (Å²) in [6, 6.07) is 6.23. The average Bonchev–Trinajstić information content (AvgIpc) is 2.61. The lowest BCUT2D eigenvalue weighted by Gasteiger charge is -2.34. The fraction of sp³-hybridized carbons (Fsp3) is 0.600. The second-order valence-electron chi connectivity index (χ2n) is 6.93. The Kier molecular flexibility index (Phi) is 7.75. The maximum absolute atomic E-state index is 11.2. The van der Waals surface area contributed by atoms with Gasteiger partial charge in [-0.05, 0) is 50.7 Å². The van der Waals surface area contributed by atoms with E-state index in [-0.39, 0.29) is 5.91 Å². The molecule has 0 aromatic heterocycles. The summed E-state index contributed by atoms with van der Waals surface area (Å²) in [5.41, 5.74) is 7.77. The molecule has 1 aromatic rings. The number of nitrogens with two attached hydrogens (primary N) is 1. The summed E-state index contributed by atoms with van der Waals surface area (Å²) >= 11 is 0. The molecule has 1 heterocycles. The van der Waals surface area contributed by atoms with Crippen molar-refractivity contribution in [2.75, 3.05) is 33.3 Å². The number of aliphatic imine (C=N–C) groups is 1. The van der Waals surface area contributed by atoms with Crippen LogP contribution in [-0.4, -0.2) is 50.1 Å². The van der Waals surface area contributed by atoms with Crippen LogP contribution in [-0.2, 0) is 11.2 Å². The molecular formula is C20H32N4O2. The molecule has 3 N–H and O–H groups in total. The highest BCUT2D eigenvalue weighted by Crippen LogP contribution is 2.21. The van der Waals surface area contributed by atoms with Crippen molar-refractivity contribution < 1.29 is 9.53 Å². The predicted octanol–water partition coefficient (Wildman–Crippen LogP) is 2.10. The number of carbonyl (C=O) groups excluding carboxylic acids is 1. The molecule has 144 valence electrons. The Labute approximate surface area is 156 Å². The summed E-state index contributed by atoms with van der Waals surface area (Å²) in [6.07, 6.45) is 3.40. The number of piperidine rings is 1. The first kappa shape index (κ1) is 20.1. The minimum atomic E-state index is -0.217. The smallest absolute Gasteiger partial charge is 0.217 e. The highest BCUT2D eigenvalue weighted by atomic mass is 16.5. The monoisotopic (exact) mass is 360 g/mol. The molecule has 0 radical (unpaired) electrons. The van der Waals surface area contributed by atoms with Crippen molar-refractivity contribution in [3.63, 3.8) is 0 Å². The van der Waals surface area contributed by atoms with E-state index in [0.29, 0.717) is 18.9 Å². The summed E-state index contributed by atoms with van der Waals surface area (Å²) in [6.45, 7) is 7.48. The Morgan fingerprint density at radius 3 is 2.96 bits per heavy atom. The Hall–Kier alpha value is -2.24. The van der Waals surface area contributed by atoms with Crippen LogP contribution < -0.4 is 15.8 Å². The lowest BCUT2D eigenvalue weighted by Crippen LogP contribution is -2.47. The molecule has 0 spiro atoms. The van der Waals surface area contributed by atoms with E-state index >= 15 is 0 Å². The number of ether oxygens (including phenoxy) is 1. The summed E-state index contributed by atoms with van der Waals surface area (Å²) < 4.78 is 5.45. The topological polar surface area (TPSA) is 80.0 Å². The number of hydrogen-bond acceptors (Lipinski definition) is 3. The highest BCUT2D eigenvalue weighted by Gasteiger charge is 2.23. The van der Waals surface area contributed by atoms with Crippen molar-refractivity contribution in [1.29, 1.82) is 0 Å². The van der Waals surface area contributed by atoms with E-state index in [9.17, 15) is 4.79 Å². The molecule has 1 fully saturated rings. The van der Waals surface area contributed by atoms with E-state index in [0.717, 1.165) is 50.6 Å². The van der Waals surface area contributed by atoms with Gasteiger partial charge in [0.25, 0.3) is 0 Å². The van der Waals surface area contributed by atoms with Gasteiger partial charge < -0.3 is 20.7 Å². The van der Waals surface area contributed by atoms with Crippen LogP contribution in [0, 0.1) is 12.8 Å². The van der Waals surface area contributed by atoms with Crippen LogP contribution in [0.15, 0.2) is 23.2 Å². The van der Waals surface area contributed by atoms with Crippen LogP contribution in [0.2, 0.25) is 0 Å². The summed E-state index contributed by atoms with van der Waals surface area (Å²) in [7, 11) is 1.70. The summed E-state index contributed by atoms with van der Waals surface area (Å²) in [5.74, 6) is 1.94. The van der Waals surface area contributed by atoms with E-state index < -0.39 is 0 Å². The van der Waals surface area contributed by atoms with E-state index in [1.54, 1.807) is 7.11 Å². The lowest BCUT2D eigenvalue weighted by molar-refractivity contribution is -0.119. The van der Waals surface area contributed by atoms with Crippen LogP contribution in [0.1, 0.15) is 37.3 Å². The first-order valence-corrected chi connectivity index (χ1v) is 9.48. The first-order valence-electron chi connectivity index (χ1n) is 9.48. The van der Waals surface area contributed by atoms with E-state index in [2.05, 4.69) is 36.2 Å². The van der Waals surface area contributed by atoms with Crippen LogP contribution in [0.5, 0.6) is 5.75 Å². The number of nitrogens with zero attached hydrogens (tertiary/aromatic N) is 2. The van der Waals surface area contributed by atoms with E-state index in [4.69, 9.17) is 15.5 Å². The summed E-state index contributed by atoms with van der Waals surface area (Å²) in [4.78, 5) is 18.3. The molecule has 1 aliphatic rings. The van der Waals surface area contributed by atoms with Gasteiger partial charge in [0.15, 0.2) is 5.96 Å². The largest absolute Gasteiger partial charge is 0.496 e. The predicted molar refractivity (Wildman–Crippen MR) is 106 cm³/mol. The number of hydrogen-bond donors (Lipinski definition) is 2. The summed E-state index contributed by atoms with van der Waals surface area (Å²) in [5, 5.41) is 3.38. The number of aryl methyl sites for hydroxylation is 1. The zero-order valence-corrected chi connectivity index (χ0v) is 16.3. The fourth-order valence-electron chi connectivity index (χ4n) is 3.52. The van der Waals surface area contributed by atoms with Crippen molar-refractivity contribution in [3.8, 4) is 5.75 Å². The molecule has 1 aliphatic heterocycles. The molecule has 0 bridgehead atoms. The van der Waals surface area contributed by atoms with E-state index in [1.807, 2.05) is 6.07 Å². The third-order valence-corrected chi connectivity index (χ3v) is 4.72. The fourth-order valence-corrected chi connectivity index (χ4v) is 3.52. The van der Waals surface area contributed by atoms with Crippen molar-refractivity contribution in [1.82, 2.24) is 10.2 Å². The lowest BCUT2D eigenvalue weighted by atomic mass is 9.95. The quantitative estimate of drug-likeness (QED) is 0.576. The highest BCUT2D eigenvalue weighted by molar-refractivity contribution is 5.80. The molecule has 1 saturated heterocycles. The van der Waals surface area contributed by atoms with Gasteiger partial charge in [0.2, 0.25) is 5.91 Å². The van der Waals surface area contributed by atoms with Crippen molar-refractivity contribution in [2.24, 2.45) is 16.6 Å². The van der Waals surface area contributed by atoms with Gasteiger partial charge in [0, 0.05) is 32.6 Å². The molecule has 1 unspecified atom stereocenters. The number of benzene rings is 1. The van der Waals surface area contributed by atoms with Crippen LogP contribution >= 0.6 is 0 Å². The number of carbonyl (C=O) groups is 1. The number of amides is 1. The van der Waals surface area contributed by atoms with Gasteiger partial charge in [-0.1, -0.05) is 17.7 Å². The molecule has 6 nitrogen and oxygen atoms in total. The maximum Gasteiger partial charge on any atom is 0.217 e. The van der Waals surface area contributed by atoms with Crippen LogP contribution in [0.25, 0.3) is 0 Å². The Balaban J connectivity index is 2.02. The number of guanidine groups is 1. The average molecular weight is 361 g/mol. The number of nitrogens with one attached hydrogen (secondary N) is 1. The maximum atomic E-state index is 11.2.